The first-order valence-corrected chi connectivity index (χ1v) is 8.13. The van der Waals surface area contributed by atoms with Gasteiger partial charge in [0, 0.05) is 24.5 Å². The molecule has 1 aromatic rings. The first-order valence-electron chi connectivity index (χ1n) is 7.34. The van der Waals surface area contributed by atoms with Gasteiger partial charge in [0.1, 0.15) is 0 Å². The molecule has 3 nitrogen and oxygen atoms in total. The maximum atomic E-state index is 12.2. The molecule has 0 aliphatic carbocycles. The lowest BCUT2D eigenvalue weighted by Gasteiger charge is -2.25. The molecule has 1 amide bonds. The fourth-order valence-corrected chi connectivity index (χ4v) is 2.84. The normalized spacial score (nSPS) is 18.8. The minimum absolute atomic E-state index is 0.274. The third-order valence-electron chi connectivity index (χ3n) is 3.94. The molecule has 1 atom stereocenters. The Morgan fingerprint density at radius 3 is 2.80 bits per heavy atom. The van der Waals surface area contributed by atoms with Gasteiger partial charge in [0.25, 0.3) is 0 Å². The van der Waals surface area contributed by atoms with E-state index in [1.807, 2.05) is 24.1 Å². The number of nitrogens with one attached hydrogen (secondary N) is 1. The Morgan fingerprint density at radius 2 is 2.15 bits per heavy atom. The molecule has 1 heterocycles. The molecule has 1 fully saturated rings. The highest BCUT2D eigenvalue weighted by Crippen LogP contribution is 2.15. The minimum Gasteiger partial charge on any atom is -0.345 e. The number of halogens is 1. The molecule has 4 heteroatoms. The van der Waals surface area contributed by atoms with E-state index in [-0.39, 0.29) is 5.91 Å². The summed E-state index contributed by atoms with van der Waals surface area (Å²) in [7, 11) is 1.91. The van der Waals surface area contributed by atoms with Gasteiger partial charge in [-0.1, -0.05) is 28.1 Å². The van der Waals surface area contributed by atoms with Crippen LogP contribution in [0.15, 0.2) is 28.7 Å². The summed E-state index contributed by atoms with van der Waals surface area (Å²) in [6.45, 7) is 2.89. The largest absolute Gasteiger partial charge is 0.345 e. The van der Waals surface area contributed by atoms with Crippen molar-refractivity contribution in [3.05, 3.63) is 34.3 Å². The maximum absolute atomic E-state index is 12.2. The fraction of sp³-hybridized carbons (Fsp3) is 0.562. The fourth-order valence-electron chi connectivity index (χ4n) is 2.57. The quantitative estimate of drug-likeness (QED) is 0.895. The second-order valence-electron chi connectivity index (χ2n) is 5.61. The third kappa shape index (κ3) is 4.91. The maximum Gasteiger partial charge on any atom is 0.222 e. The lowest BCUT2D eigenvalue weighted by Crippen LogP contribution is -2.35. The van der Waals surface area contributed by atoms with Gasteiger partial charge in [-0.15, -0.1) is 0 Å². The molecule has 0 aromatic heterocycles. The van der Waals surface area contributed by atoms with Gasteiger partial charge in [-0.05, 0) is 56.0 Å². The van der Waals surface area contributed by atoms with Crippen molar-refractivity contribution in [2.24, 2.45) is 5.92 Å². The van der Waals surface area contributed by atoms with Crippen LogP contribution in [0, 0.1) is 5.92 Å². The van der Waals surface area contributed by atoms with Crippen molar-refractivity contribution < 1.29 is 4.79 Å². The van der Waals surface area contributed by atoms with Crippen LogP contribution < -0.4 is 5.32 Å². The van der Waals surface area contributed by atoms with E-state index >= 15 is 0 Å². The summed E-state index contributed by atoms with van der Waals surface area (Å²) < 4.78 is 1.09. The number of nitrogens with zero attached hydrogens (tertiary/aromatic N) is 1. The first kappa shape index (κ1) is 15.5. The monoisotopic (exact) mass is 338 g/mol. The smallest absolute Gasteiger partial charge is 0.222 e. The van der Waals surface area contributed by atoms with Crippen LogP contribution in [0.25, 0.3) is 0 Å². The first-order chi connectivity index (χ1) is 9.65. The van der Waals surface area contributed by atoms with E-state index < -0.39 is 0 Å². The Morgan fingerprint density at radius 1 is 1.40 bits per heavy atom. The number of amides is 1. The minimum atomic E-state index is 0.274. The summed E-state index contributed by atoms with van der Waals surface area (Å²) in [6, 6.07) is 8.30. The molecule has 0 spiro atoms. The van der Waals surface area contributed by atoms with Crippen LogP contribution in [0.4, 0.5) is 0 Å². The Bertz CT molecular complexity index is 427. The van der Waals surface area contributed by atoms with Crippen LogP contribution in [-0.4, -0.2) is 37.5 Å². The summed E-state index contributed by atoms with van der Waals surface area (Å²) in [5, 5.41) is 3.37. The summed E-state index contributed by atoms with van der Waals surface area (Å²) in [5.41, 5.74) is 1.27. The van der Waals surface area contributed by atoms with Crippen LogP contribution in [0.3, 0.4) is 0 Å². The van der Waals surface area contributed by atoms with Crippen molar-refractivity contribution >= 4 is 21.8 Å². The van der Waals surface area contributed by atoms with Crippen molar-refractivity contribution in [1.29, 1.82) is 0 Å². The van der Waals surface area contributed by atoms with Gasteiger partial charge in [-0.2, -0.15) is 0 Å². The SMILES string of the molecule is CN(CCc1ccc(Br)cc1)C(=O)CC1CCCNC1. The van der Waals surface area contributed by atoms with Gasteiger partial charge in [0.15, 0.2) is 0 Å². The van der Waals surface area contributed by atoms with Crippen LogP contribution in [0.5, 0.6) is 0 Å². The van der Waals surface area contributed by atoms with E-state index in [1.54, 1.807) is 0 Å². The number of hydrogen-bond acceptors (Lipinski definition) is 2. The van der Waals surface area contributed by atoms with Crippen LogP contribution in [-0.2, 0) is 11.2 Å². The molecule has 0 bridgehead atoms. The number of rotatable bonds is 5. The number of likely N-dealkylation sites (N-methyl/N-ethyl adjacent to an activating group) is 1. The zero-order chi connectivity index (χ0) is 14.4. The van der Waals surface area contributed by atoms with Crippen molar-refractivity contribution in [2.45, 2.75) is 25.7 Å². The predicted molar refractivity (Wildman–Crippen MR) is 85.7 cm³/mol. The number of benzene rings is 1. The molecule has 1 aromatic carbocycles. The zero-order valence-electron chi connectivity index (χ0n) is 12.1. The zero-order valence-corrected chi connectivity index (χ0v) is 13.7. The topological polar surface area (TPSA) is 32.3 Å². The second kappa shape index (κ2) is 7.79. The number of piperidine rings is 1. The molecular formula is C16H23BrN2O. The van der Waals surface area contributed by atoms with E-state index in [2.05, 4.69) is 33.4 Å². The molecule has 110 valence electrons. The molecule has 20 heavy (non-hydrogen) atoms. The van der Waals surface area contributed by atoms with Crippen LogP contribution in [0.2, 0.25) is 0 Å². The van der Waals surface area contributed by atoms with Gasteiger partial charge >= 0.3 is 0 Å². The summed E-state index contributed by atoms with van der Waals surface area (Å²) >= 11 is 3.43. The van der Waals surface area contributed by atoms with Gasteiger partial charge in [-0.25, -0.2) is 0 Å². The van der Waals surface area contributed by atoms with E-state index in [4.69, 9.17) is 0 Å². The van der Waals surface area contributed by atoms with Crippen molar-refractivity contribution in [3.8, 4) is 0 Å². The summed E-state index contributed by atoms with van der Waals surface area (Å²) in [5.74, 6) is 0.794. The average molecular weight is 339 g/mol. The van der Waals surface area contributed by atoms with Crippen LogP contribution in [0.1, 0.15) is 24.8 Å². The highest BCUT2D eigenvalue weighted by atomic mass is 79.9. The van der Waals surface area contributed by atoms with Crippen molar-refractivity contribution in [3.63, 3.8) is 0 Å². The lowest BCUT2D eigenvalue weighted by atomic mass is 9.95. The van der Waals surface area contributed by atoms with Crippen LogP contribution >= 0.6 is 15.9 Å². The Balaban J connectivity index is 1.74. The Hall–Kier alpha value is -0.870. The van der Waals surface area contributed by atoms with Gasteiger partial charge in [-0.3, -0.25) is 4.79 Å². The highest BCUT2D eigenvalue weighted by Gasteiger charge is 2.18. The van der Waals surface area contributed by atoms with E-state index in [0.29, 0.717) is 12.3 Å². The molecule has 1 unspecified atom stereocenters. The molecule has 1 saturated heterocycles. The van der Waals surface area contributed by atoms with E-state index in [9.17, 15) is 4.79 Å². The van der Waals surface area contributed by atoms with E-state index in [1.165, 1.54) is 18.4 Å². The second-order valence-corrected chi connectivity index (χ2v) is 6.52. The Labute approximate surface area is 129 Å². The number of hydrogen-bond donors (Lipinski definition) is 1. The molecule has 1 aliphatic heterocycles. The average Bonchev–Trinajstić information content (AvgIpc) is 2.47. The molecule has 0 radical (unpaired) electrons. The van der Waals surface area contributed by atoms with E-state index in [0.717, 1.165) is 30.5 Å². The highest BCUT2D eigenvalue weighted by molar-refractivity contribution is 9.10. The Kier molecular flexibility index (Phi) is 6.05. The number of carbonyl (C=O) groups is 1. The third-order valence-corrected chi connectivity index (χ3v) is 4.47. The van der Waals surface area contributed by atoms with Gasteiger partial charge in [0.05, 0.1) is 0 Å². The predicted octanol–water partition coefficient (Wildman–Crippen LogP) is 2.84. The molecular weight excluding hydrogens is 316 g/mol. The molecule has 1 aliphatic rings. The van der Waals surface area contributed by atoms with Gasteiger partial charge in [0.2, 0.25) is 5.91 Å². The van der Waals surface area contributed by atoms with Gasteiger partial charge < -0.3 is 10.2 Å². The molecule has 0 saturated carbocycles. The standard InChI is InChI=1S/C16H23BrN2O/c1-19(10-8-13-4-6-15(17)7-5-13)16(20)11-14-3-2-9-18-12-14/h4-7,14,18H,2-3,8-12H2,1H3. The molecule has 1 N–H and O–H groups in total. The summed E-state index contributed by atoms with van der Waals surface area (Å²) in [6.07, 6.45) is 3.97. The lowest BCUT2D eigenvalue weighted by molar-refractivity contribution is -0.131. The van der Waals surface area contributed by atoms with Crippen molar-refractivity contribution in [1.82, 2.24) is 10.2 Å². The van der Waals surface area contributed by atoms with Crippen molar-refractivity contribution in [2.75, 3.05) is 26.7 Å². The molecule has 2 rings (SSSR count). The number of carbonyl (C=O) groups excluding carboxylic acids is 1. The summed E-state index contributed by atoms with van der Waals surface area (Å²) in [4.78, 5) is 14.0.